The van der Waals surface area contributed by atoms with Gasteiger partial charge in [0, 0.05) is 57.7 Å². The van der Waals surface area contributed by atoms with Crippen molar-refractivity contribution in [2.45, 2.75) is 56.7 Å². The van der Waals surface area contributed by atoms with Gasteiger partial charge in [-0.15, -0.1) is 0 Å². The van der Waals surface area contributed by atoms with Crippen LogP contribution in [0.15, 0.2) is 67.3 Å². The topological polar surface area (TPSA) is 108 Å². The van der Waals surface area contributed by atoms with E-state index in [1.807, 2.05) is 18.2 Å². The molecule has 0 bridgehead atoms. The van der Waals surface area contributed by atoms with Crippen molar-refractivity contribution >= 4 is 23.4 Å². The Kier molecular flexibility index (Phi) is 10.2. The van der Waals surface area contributed by atoms with Gasteiger partial charge in [-0.3, -0.25) is 19.3 Å². The van der Waals surface area contributed by atoms with Crippen LogP contribution < -0.4 is 16.4 Å². The summed E-state index contributed by atoms with van der Waals surface area (Å²) in [5.41, 5.74) is 8.63. The zero-order valence-corrected chi connectivity index (χ0v) is 23.2. The Hall–Kier alpha value is -3.63. The fraction of sp³-hybridized carbons (Fsp3) is 0.452. The first-order chi connectivity index (χ1) is 19.6. The molecule has 1 heterocycles. The average molecular weight is 568 g/mol. The minimum absolute atomic E-state index is 0.152. The second kappa shape index (κ2) is 13.8. The number of hydrogen-bond donors (Lipinski definition) is 3. The van der Waals surface area contributed by atoms with E-state index in [2.05, 4.69) is 34.2 Å². The van der Waals surface area contributed by atoms with Crippen LogP contribution in [0.25, 0.3) is 0 Å². The van der Waals surface area contributed by atoms with E-state index in [0.717, 1.165) is 31.3 Å². The van der Waals surface area contributed by atoms with E-state index in [1.54, 1.807) is 29.2 Å². The standard InChI is InChI=1S/C31H39F2N5O3/c1-2-27(39)36-26(30(41)38-18-16-37(17-19-38)21-23-6-4-3-5-7-23)20-22-8-10-25(11-9-22)35-29(40)28(34)24-12-14-31(32,33)15-13-24/h2-11,24,26,28H,1,12-21,34H2,(H,35,40)(H,36,39)/t26-,28+/m1/s1. The van der Waals surface area contributed by atoms with Gasteiger partial charge in [0.15, 0.2) is 0 Å². The second-order valence-corrected chi connectivity index (χ2v) is 11.0. The number of rotatable bonds is 10. The highest BCUT2D eigenvalue weighted by Gasteiger charge is 2.38. The van der Waals surface area contributed by atoms with Gasteiger partial charge in [-0.25, -0.2) is 8.78 Å². The van der Waals surface area contributed by atoms with Crippen molar-refractivity contribution in [2.75, 3.05) is 31.5 Å². The summed E-state index contributed by atoms with van der Waals surface area (Å²) in [6.07, 6.45) is 1.35. The first kappa shape index (κ1) is 30.3. The lowest BCUT2D eigenvalue weighted by Gasteiger charge is -2.36. The Morgan fingerprint density at radius 1 is 0.976 bits per heavy atom. The van der Waals surface area contributed by atoms with Crippen LogP contribution in [0.5, 0.6) is 0 Å². The number of amides is 3. The van der Waals surface area contributed by atoms with Gasteiger partial charge >= 0.3 is 0 Å². The predicted molar refractivity (Wildman–Crippen MR) is 154 cm³/mol. The van der Waals surface area contributed by atoms with E-state index in [1.165, 1.54) is 5.56 Å². The van der Waals surface area contributed by atoms with Crippen molar-refractivity contribution in [1.29, 1.82) is 0 Å². The summed E-state index contributed by atoms with van der Waals surface area (Å²) < 4.78 is 26.9. The van der Waals surface area contributed by atoms with Gasteiger partial charge in [0.25, 0.3) is 0 Å². The molecule has 8 nitrogen and oxygen atoms in total. The smallest absolute Gasteiger partial charge is 0.248 e. The van der Waals surface area contributed by atoms with Crippen LogP contribution in [0.3, 0.4) is 0 Å². The van der Waals surface area contributed by atoms with Crippen LogP contribution in [-0.4, -0.2) is 71.7 Å². The molecule has 1 saturated carbocycles. The highest BCUT2D eigenvalue weighted by molar-refractivity contribution is 5.95. The molecule has 2 aliphatic rings. The van der Waals surface area contributed by atoms with Crippen molar-refractivity contribution < 1.29 is 23.2 Å². The largest absolute Gasteiger partial charge is 0.340 e. The third kappa shape index (κ3) is 8.68. The van der Waals surface area contributed by atoms with Gasteiger partial charge < -0.3 is 21.3 Å². The molecule has 0 spiro atoms. The number of benzene rings is 2. The lowest BCUT2D eigenvalue weighted by Crippen LogP contribution is -2.55. The fourth-order valence-electron chi connectivity index (χ4n) is 5.44. The van der Waals surface area contributed by atoms with Gasteiger partial charge in [-0.2, -0.15) is 0 Å². The SMILES string of the molecule is C=CC(=O)N[C@H](Cc1ccc(NC(=O)[C@@H](N)C2CCC(F)(F)CC2)cc1)C(=O)N1CCN(Cc2ccccc2)CC1. The van der Waals surface area contributed by atoms with Crippen LogP contribution in [0.1, 0.15) is 36.8 Å². The molecule has 2 aromatic rings. The normalized spacial score (nSPS) is 19.1. The van der Waals surface area contributed by atoms with Crippen LogP contribution in [0.2, 0.25) is 0 Å². The molecule has 1 saturated heterocycles. The Morgan fingerprint density at radius 2 is 1.61 bits per heavy atom. The van der Waals surface area contributed by atoms with Crippen LogP contribution in [-0.2, 0) is 27.3 Å². The molecule has 2 fully saturated rings. The summed E-state index contributed by atoms with van der Waals surface area (Å²) in [6, 6.07) is 15.5. The summed E-state index contributed by atoms with van der Waals surface area (Å²) in [5, 5.41) is 5.53. The summed E-state index contributed by atoms with van der Waals surface area (Å²) >= 11 is 0. The van der Waals surface area contributed by atoms with E-state index >= 15 is 0 Å². The molecule has 220 valence electrons. The van der Waals surface area contributed by atoms with Gasteiger partial charge in [0.2, 0.25) is 23.6 Å². The van der Waals surface area contributed by atoms with E-state index in [4.69, 9.17) is 5.73 Å². The zero-order chi connectivity index (χ0) is 29.4. The fourth-order valence-corrected chi connectivity index (χ4v) is 5.44. The Labute approximate surface area is 239 Å². The monoisotopic (exact) mass is 567 g/mol. The highest BCUT2D eigenvalue weighted by Crippen LogP contribution is 2.37. The Balaban J connectivity index is 1.31. The van der Waals surface area contributed by atoms with E-state index in [-0.39, 0.29) is 43.9 Å². The molecule has 2 atom stereocenters. The van der Waals surface area contributed by atoms with Crippen molar-refractivity contribution in [3.8, 4) is 0 Å². The molecule has 1 aliphatic heterocycles. The van der Waals surface area contributed by atoms with Crippen molar-refractivity contribution in [3.63, 3.8) is 0 Å². The van der Waals surface area contributed by atoms with Crippen LogP contribution >= 0.6 is 0 Å². The minimum Gasteiger partial charge on any atom is -0.340 e. The lowest BCUT2D eigenvalue weighted by molar-refractivity contribution is -0.137. The number of anilines is 1. The number of halogens is 2. The molecule has 2 aromatic carbocycles. The second-order valence-electron chi connectivity index (χ2n) is 11.0. The summed E-state index contributed by atoms with van der Waals surface area (Å²) in [7, 11) is 0. The molecule has 4 rings (SSSR count). The number of carbonyl (C=O) groups excluding carboxylic acids is 3. The van der Waals surface area contributed by atoms with E-state index < -0.39 is 29.8 Å². The predicted octanol–water partition coefficient (Wildman–Crippen LogP) is 3.34. The quantitative estimate of drug-likeness (QED) is 0.382. The van der Waals surface area contributed by atoms with Gasteiger partial charge in [0.1, 0.15) is 6.04 Å². The summed E-state index contributed by atoms with van der Waals surface area (Å²) in [4.78, 5) is 42.3. The Morgan fingerprint density at radius 3 is 2.22 bits per heavy atom. The average Bonchev–Trinajstić information content (AvgIpc) is 2.98. The number of nitrogens with two attached hydrogens (primary N) is 1. The highest BCUT2D eigenvalue weighted by atomic mass is 19.3. The van der Waals surface area contributed by atoms with Crippen molar-refractivity contribution in [2.24, 2.45) is 11.7 Å². The maximum atomic E-state index is 13.5. The molecule has 0 unspecified atom stereocenters. The summed E-state index contributed by atoms with van der Waals surface area (Å²) in [5.74, 6) is -3.95. The van der Waals surface area contributed by atoms with Crippen molar-refractivity contribution in [3.05, 3.63) is 78.4 Å². The third-order valence-corrected chi connectivity index (χ3v) is 7.97. The molecule has 4 N–H and O–H groups in total. The molecule has 0 aromatic heterocycles. The number of nitrogens with zero attached hydrogens (tertiary/aromatic N) is 2. The van der Waals surface area contributed by atoms with E-state index in [0.29, 0.717) is 18.8 Å². The molecule has 1 aliphatic carbocycles. The first-order valence-corrected chi connectivity index (χ1v) is 14.1. The lowest BCUT2D eigenvalue weighted by atomic mass is 9.82. The molecule has 10 heteroatoms. The molecule has 3 amide bonds. The number of hydrogen-bond acceptors (Lipinski definition) is 5. The van der Waals surface area contributed by atoms with Crippen LogP contribution in [0.4, 0.5) is 14.5 Å². The van der Waals surface area contributed by atoms with Crippen molar-refractivity contribution in [1.82, 2.24) is 15.1 Å². The van der Waals surface area contributed by atoms with Gasteiger partial charge in [-0.1, -0.05) is 49.0 Å². The molecular formula is C31H39F2N5O3. The zero-order valence-electron chi connectivity index (χ0n) is 23.2. The maximum Gasteiger partial charge on any atom is 0.248 e. The minimum atomic E-state index is -2.68. The molecule has 0 radical (unpaired) electrons. The summed E-state index contributed by atoms with van der Waals surface area (Å²) in [6.45, 7) is 6.94. The molecule has 41 heavy (non-hydrogen) atoms. The number of nitrogens with one attached hydrogen (secondary N) is 2. The van der Waals surface area contributed by atoms with Gasteiger partial charge in [0.05, 0.1) is 6.04 Å². The first-order valence-electron chi connectivity index (χ1n) is 14.1. The van der Waals surface area contributed by atoms with Crippen LogP contribution in [0, 0.1) is 5.92 Å². The van der Waals surface area contributed by atoms with Gasteiger partial charge in [-0.05, 0) is 48.1 Å². The van der Waals surface area contributed by atoms with E-state index in [9.17, 15) is 23.2 Å². The maximum absolute atomic E-state index is 13.5. The third-order valence-electron chi connectivity index (χ3n) is 7.97. The number of piperazine rings is 1. The number of carbonyl (C=O) groups is 3. The Bertz CT molecular complexity index is 1190. The number of alkyl halides is 2. The molecular weight excluding hydrogens is 528 g/mol.